The number of rotatable bonds is 3. The average molecular weight is 410 g/mol. The molecule has 1 heterocycles. The summed E-state index contributed by atoms with van der Waals surface area (Å²) in [5, 5.41) is 4.08. The van der Waals surface area contributed by atoms with Gasteiger partial charge in [0.1, 0.15) is 0 Å². The van der Waals surface area contributed by atoms with Crippen molar-refractivity contribution in [2.75, 3.05) is 5.32 Å². The minimum atomic E-state index is 0.734. The molecule has 0 aliphatic heterocycles. The highest BCUT2D eigenvalue weighted by Gasteiger charge is 2.10. The summed E-state index contributed by atoms with van der Waals surface area (Å²) in [5.74, 6) is 0.791. The molecule has 5 heteroatoms. The summed E-state index contributed by atoms with van der Waals surface area (Å²) in [6.07, 6.45) is 2.01. The predicted molar refractivity (Wildman–Crippen MR) is 95.8 cm³/mol. The Hall–Kier alpha value is -1.53. The number of nitrogens with zero attached hydrogens (tertiary/aromatic N) is 2. The standard InChI is InChI=1S/C16H13ClIN3/c1-11-10-21(15-8-7-12(17)9-14(15)18)16(19-11)20-13-5-3-2-4-6-13/h2-10H,1H3,(H,19,20). The van der Waals surface area contributed by atoms with E-state index in [1.165, 1.54) is 0 Å². The summed E-state index contributed by atoms with van der Waals surface area (Å²) < 4.78 is 3.12. The smallest absolute Gasteiger partial charge is 0.212 e. The summed E-state index contributed by atoms with van der Waals surface area (Å²) >= 11 is 8.32. The van der Waals surface area contributed by atoms with Crippen LogP contribution in [0, 0.1) is 10.5 Å². The highest BCUT2D eigenvalue weighted by atomic mass is 127. The maximum atomic E-state index is 6.03. The van der Waals surface area contributed by atoms with Gasteiger partial charge in [0.25, 0.3) is 0 Å². The third-order valence-electron chi connectivity index (χ3n) is 3.03. The molecule has 0 radical (unpaired) electrons. The van der Waals surface area contributed by atoms with E-state index in [4.69, 9.17) is 11.6 Å². The van der Waals surface area contributed by atoms with Crippen LogP contribution in [0.5, 0.6) is 0 Å². The highest BCUT2D eigenvalue weighted by molar-refractivity contribution is 14.1. The molecule has 1 N–H and O–H groups in total. The molecule has 0 spiro atoms. The Kier molecular flexibility index (Phi) is 4.17. The third-order valence-corrected chi connectivity index (χ3v) is 4.12. The lowest BCUT2D eigenvalue weighted by Crippen LogP contribution is -2.02. The molecular formula is C16H13ClIN3. The van der Waals surface area contributed by atoms with Crippen LogP contribution in [-0.4, -0.2) is 9.55 Å². The van der Waals surface area contributed by atoms with Gasteiger partial charge < -0.3 is 5.32 Å². The van der Waals surface area contributed by atoms with Gasteiger partial charge in [0.15, 0.2) is 0 Å². The topological polar surface area (TPSA) is 29.9 Å². The number of halogens is 2. The van der Waals surface area contributed by atoms with Gasteiger partial charge in [-0.05, 0) is 59.8 Å². The first kappa shape index (κ1) is 14.4. The Morgan fingerprint density at radius 3 is 2.62 bits per heavy atom. The van der Waals surface area contributed by atoms with Gasteiger partial charge in [-0.1, -0.05) is 29.8 Å². The van der Waals surface area contributed by atoms with Gasteiger partial charge >= 0.3 is 0 Å². The summed E-state index contributed by atoms with van der Waals surface area (Å²) in [5.41, 5.74) is 3.02. The number of aromatic nitrogens is 2. The van der Waals surface area contributed by atoms with Crippen molar-refractivity contribution in [1.82, 2.24) is 9.55 Å². The van der Waals surface area contributed by atoms with E-state index in [0.717, 1.165) is 31.6 Å². The van der Waals surface area contributed by atoms with Crippen molar-refractivity contribution in [2.24, 2.45) is 0 Å². The van der Waals surface area contributed by atoms with Crippen molar-refractivity contribution >= 4 is 45.8 Å². The minimum absolute atomic E-state index is 0.734. The summed E-state index contributed by atoms with van der Waals surface area (Å²) in [6.45, 7) is 1.98. The van der Waals surface area contributed by atoms with E-state index < -0.39 is 0 Å². The fraction of sp³-hybridized carbons (Fsp3) is 0.0625. The molecule has 0 unspecified atom stereocenters. The van der Waals surface area contributed by atoms with Crippen LogP contribution in [0.3, 0.4) is 0 Å². The number of para-hydroxylation sites is 1. The molecular weight excluding hydrogens is 397 g/mol. The van der Waals surface area contributed by atoms with Crippen LogP contribution in [0.2, 0.25) is 5.02 Å². The summed E-state index contributed by atoms with van der Waals surface area (Å²) in [7, 11) is 0. The van der Waals surface area contributed by atoms with Crippen molar-refractivity contribution in [3.8, 4) is 5.69 Å². The lowest BCUT2D eigenvalue weighted by Gasteiger charge is -2.11. The van der Waals surface area contributed by atoms with Gasteiger partial charge in [0.2, 0.25) is 5.95 Å². The first-order chi connectivity index (χ1) is 10.1. The fourth-order valence-corrected chi connectivity index (χ4v) is 3.23. The van der Waals surface area contributed by atoms with Crippen molar-refractivity contribution in [3.63, 3.8) is 0 Å². The Labute approximate surface area is 142 Å². The molecule has 21 heavy (non-hydrogen) atoms. The van der Waals surface area contributed by atoms with Gasteiger partial charge in [0.05, 0.1) is 11.4 Å². The SMILES string of the molecule is Cc1cn(-c2ccc(Cl)cc2I)c(Nc2ccccc2)n1. The number of anilines is 2. The Morgan fingerprint density at radius 2 is 1.90 bits per heavy atom. The van der Waals surface area contributed by atoms with Crippen LogP contribution >= 0.6 is 34.2 Å². The number of imidazole rings is 1. The average Bonchev–Trinajstić information content (AvgIpc) is 2.80. The van der Waals surface area contributed by atoms with E-state index >= 15 is 0 Å². The molecule has 0 amide bonds. The van der Waals surface area contributed by atoms with E-state index in [1.54, 1.807) is 0 Å². The summed E-state index contributed by atoms with van der Waals surface area (Å²) in [4.78, 5) is 4.56. The van der Waals surface area contributed by atoms with Crippen LogP contribution in [-0.2, 0) is 0 Å². The molecule has 3 aromatic rings. The predicted octanol–water partition coefficient (Wildman–Crippen LogP) is 5.18. The molecule has 1 aromatic heterocycles. The number of nitrogens with one attached hydrogen (secondary N) is 1. The van der Waals surface area contributed by atoms with Crippen molar-refractivity contribution < 1.29 is 0 Å². The van der Waals surface area contributed by atoms with E-state index in [0.29, 0.717) is 0 Å². The number of hydrogen-bond donors (Lipinski definition) is 1. The molecule has 0 fully saturated rings. The first-order valence-electron chi connectivity index (χ1n) is 6.47. The molecule has 0 aliphatic rings. The Morgan fingerprint density at radius 1 is 1.14 bits per heavy atom. The monoisotopic (exact) mass is 409 g/mol. The molecule has 106 valence electrons. The van der Waals surface area contributed by atoms with Gasteiger partial charge in [-0.25, -0.2) is 4.98 Å². The quantitative estimate of drug-likeness (QED) is 0.604. The highest BCUT2D eigenvalue weighted by Crippen LogP contribution is 2.26. The molecule has 3 rings (SSSR count). The zero-order valence-electron chi connectivity index (χ0n) is 11.3. The number of aryl methyl sites for hydroxylation is 1. The van der Waals surface area contributed by atoms with Gasteiger partial charge in [-0.15, -0.1) is 0 Å². The second kappa shape index (κ2) is 6.07. The minimum Gasteiger partial charge on any atom is -0.325 e. The Balaban J connectivity index is 2.03. The van der Waals surface area contributed by atoms with Crippen molar-refractivity contribution in [3.05, 3.63) is 69.0 Å². The first-order valence-corrected chi connectivity index (χ1v) is 7.92. The van der Waals surface area contributed by atoms with Crippen molar-refractivity contribution in [1.29, 1.82) is 0 Å². The molecule has 0 bridgehead atoms. The molecule has 0 saturated heterocycles. The number of benzene rings is 2. The van der Waals surface area contributed by atoms with Crippen molar-refractivity contribution in [2.45, 2.75) is 6.92 Å². The zero-order valence-corrected chi connectivity index (χ0v) is 14.3. The van der Waals surface area contributed by atoms with Crippen LogP contribution in [0.25, 0.3) is 5.69 Å². The van der Waals surface area contributed by atoms with E-state index in [-0.39, 0.29) is 0 Å². The van der Waals surface area contributed by atoms with Crippen LogP contribution in [0.4, 0.5) is 11.6 Å². The summed E-state index contributed by atoms with van der Waals surface area (Å²) in [6, 6.07) is 15.8. The van der Waals surface area contributed by atoms with Crippen LogP contribution < -0.4 is 5.32 Å². The second-order valence-electron chi connectivity index (χ2n) is 4.66. The lowest BCUT2D eigenvalue weighted by atomic mass is 10.3. The molecule has 0 atom stereocenters. The molecule has 2 aromatic carbocycles. The normalized spacial score (nSPS) is 10.6. The van der Waals surface area contributed by atoms with Crippen LogP contribution in [0.1, 0.15) is 5.69 Å². The number of hydrogen-bond acceptors (Lipinski definition) is 2. The van der Waals surface area contributed by atoms with E-state index in [1.807, 2.05) is 66.2 Å². The molecule has 0 saturated carbocycles. The van der Waals surface area contributed by atoms with Gasteiger partial charge in [-0.2, -0.15) is 0 Å². The maximum absolute atomic E-state index is 6.03. The third kappa shape index (κ3) is 3.22. The zero-order chi connectivity index (χ0) is 14.8. The van der Waals surface area contributed by atoms with Gasteiger partial charge in [0, 0.05) is 20.5 Å². The lowest BCUT2D eigenvalue weighted by molar-refractivity contribution is 1.06. The van der Waals surface area contributed by atoms with Crippen LogP contribution in [0.15, 0.2) is 54.7 Å². The van der Waals surface area contributed by atoms with Gasteiger partial charge in [-0.3, -0.25) is 4.57 Å². The second-order valence-corrected chi connectivity index (χ2v) is 6.26. The molecule has 3 nitrogen and oxygen atoms in total. The Bertz CT molecular complexity index is 768. The maximum Gasteiger partial charge on any atom is 0.212 e. The largest absolute Gasteiger partial charge is 0.325 e. The van der Waals surface area contributed by atoms with E-state index in [2.05, 4.69) is 32.9 Å². The molecule has 0 aliphatic carbocycles. The fourth-order valence-electron chi connectivity index (χ4n) is 2.10. The van der Waals surface area contributed by atoms with E-state index in [9.17, 15) is 0 Å².